The van der Waals surface area contributed by atoms with Crippen LogP contribution in [0.15, 0.2) is 36.7 Å². The Balaban J connectivity index is 1.19. The standard InChI is InChI=1S/C23H23N5O3S/c1-2-15-13-18-20(24-14-25-21(18)32-15)27-11-9-26(10-12-27)19(29)7-8-28-22(30)16-5-3-4-6-17(16)23(28)31/h3-6,13-14H,2,7-12H2,1H3. The number of hydrogen-bond acceptors (Lipinski definition) is 7. The van der Waals surface area contributed by atoms with E-state index in [4.69, 9.17) is 0 Å². The average molecular weight is 450 g/mol. The molecule has 1 fully saturated rings. The van der Waals surface area contributed by atoms with Gasteiger partial charge in [0.2, 0.25) is 5.91 Å². The number of amides is 3. The molecule has 3 amide bonds. The summed E-state index contributed by atoms with van der Waals surface area (Å²) in [5.41, 5.74) is 0.823. The third-order valence-corrected chi connectivity index (χ3v) is 7.25. The van der Waals surface area contributed by atoms with Crippen LogP contribution in [-0.4, -0.2) is 70.2 Å². The molecular weight excluding hydrogens is 426 g/mol. The molecule has 9 heteroatoms. The van der Waals surface area contributed by atoms with Crippen LogP contribution in [0.3, 0.4) is 0 Å². The first-order valence-corrected chi connectivity index (χ1v) is 11.6. The van der Waals surface area contributed by atoms with E-state index < -0.39 is 0 Å². The second-order valence-electron chi connectivity index (χ2n) is 7.91. The predicted molar refractivity (Wildman–Crippen MR) is 122 cm³/mol. The minimum absolute atomic E-state index is 0.0437. The van der Waals surface area contributed by atoms with Crippen molar-refractivity contribution in [2.45, 2.75) is 19.8 Å². The number of carbonyl (C=O) groups is 3. The number of thiophene rings is 1. The number of rotatable bonds is 5. The molecule has 0 aliphatic carbocycles. The molecule has 8 nitrogen and oxygen atoms in total. The van der Waals surface area contributed by atoms with Gasteiger partial charge in [0.15, 0.2) is 0 Å². The SMILES string of the molecule is CCc1cc2c(N3CCN(C(=O)CCN4C(=O)c5ccccc5C4=O)CC3)ncnc2s1. The van der Waals surface area contributed by atoms with E-state index >= 15 is 0 Å². The molecule has 2 aliphatic rings. The normalized spacial score (nSPS) is 16.2. The summed E-state index contributed by atoms with van der Waals surface area (Å²) < 4.78 is 0. The minimum atomic E-state index is -0.321. The number of carbonyl (C=O) groups excluding carboxylic acids is 3. The van der Waals surface area contributed by atoms with Crippen LogP contribution in [0.5, 0.6) is 0 Å². The first kappa shape index (κ1) is 20.6. The highest BCUT2D eigenvalue weighted by Gasteiger charge is 2.35. The molecule has 0 atom stereocenters. The fraction of sp³-hybridized carbons (Fsp3) is 0.348. The molecule has 0 bridgehead atoms. The fourth-order valence-electron chi connectivity index (χ4n) is 4.29. The highest BCUT2D eigenvalue weighted by atomic mass is 32.1. The Labute approximate surface area is 189 Å². The average Bonchev–Trinajstić information content (AvgIpc) is 3.37. The van der Waals surface area contributed by atoms with Gasteiger partial charge in [-0.2, -0.15) is 0 Å². The Bertz CT molecular complexity index is 1180. The topological polar surface area (TPSA) is 86.7 Å². The van der Waals surface area contributed by atoms with Crippen molar-refractivity contribution in [2.75, 3.05) is 37.6 Å². The molecule has 0 spiro atoms. The number of imide groups is 1. The summed E-state index contributed by atoms with van der Waals surface area (Å²) in [5, 5.41) is 1.07. The van der Waals surface area contributed by atoms with E-state index in [0.717, 1.165) is 22.5 Å². The first-order chi connectivity index (χ1) is 15.6. The van der Waals surface area contributed by atoms with E-state index in [2.05, 4.69) is 27.9 Å². The highest BCUT2D eigenvalue weighted by molar-refractivity contribution is 7.18. The summed E-state index contributed by atoms with van der Waals surface area (Å²) in [7, 11) is 0. The summed E-state index contributed by atoms with van der Waals surface area (Å²) in [6, 6.07) is 8.94. The van der Waals surface area contributed by atoms with Gasteiger partial charge < -0.3 is 9.80 Å². The Morgan fingerprint density at radius 2 is 1.72 bits per heavy atom. The molecule has 1 saturated heterocycles. The number of anilines is 1. The van der Waals surface area contributed by atoms with E-state index in [-0.39, 0.29) is 30.7 Å². The van der Waals surface area contributed by atoms with Gasteiger partial charge in [-0.1, -0.05) is 19.1 Å². The van der Waals surface area contributed by atoms with Gasteiger partial charge in [0.05, 0.1) is 16.5 Å². The maximum Gasteiger partial charge on any atom is 0.261 e. The lowest BCUT2D eigenvalue weighted by molar-refractivity contribution is -0.131. The zero-order valence-corrected chi connectivity index (χ0v) is 18.6. The van der Waals surface area contributed by atoms with Crippen molar-refractivity contribution in [3.63, 3.8) is 0 Å². The number of benzene rings is 1. The number of nitrogens with zero attached hydrogens (tertiary/aromatic N) is 5. The van der Waals surface area contributed by atoms with Crippen molar-refractivity contribution in [1.29, 1.82) is 0 Å². The monoisotopic (exact) mass is 449 g/mol. The smallest absolute Gasteiger partial charge is 0.261 e. The third kappa shape index (κ3) is 3.52. The maximum atomic E-state index is 12.8. The van der Waals surface area contributed by atoms with Crippen molar-refractivity contribution >= 4 is 45.1 Å². The van der Waals surface area contributed by atoms with Gasteiger partial charge in [0.25, 0.3) is 11.8 Å². The Morgan fingerprint density at radius 3 is 2.38 bits per heavy atom. The van der Waals surface area contributed by atoms with Crippen LogP contribution in [-0.2, 0) is 11.2 Å². The summed E-state index contributed by atoms with van der Waals surface area (Å²) in [4.78, 5) is 54.1. The van der Waals surface area contributed by atoms with Crippen LogP contribution < -0.4 is 4.90 Å². The van der Waals surface area contributed by atoms with Gasteiger partial charge in [0.1, 0.15) is 17.0 Å². The third-order valence-electron chi connectivity index (χ3n) is 6.07. The lowest BCUT2D eigenvalue weighted by Crippen LogP contribution is -2.49. The molecule has 0 unspecified atom stereocenters. The van der Waals surface area contributed by atoms with Gasteiger partial charge in [0, 0.05) is 44.0 Å². The second-order valence-corrected chi connectivity index (χ2v) is 9.02. The zero-order valence-electron chi connectivity index (χ0n) is 17.8. The lowest BCUT2D eigenvalue weighted by Gasteiger charge is -2.35. The van der Waals surface area contributed by atoms with E-state index in [1.165, 1.54) is 9.78 Å². The van der Waals surface area contributed by atoms with Crippen molar-refractivity contribution in [1.82, 2.24) is 19.8 Å². The van der Waals surface area contributed by atoms with Crippen LogP contribution in [0.25, 0.3) is 10.2 Å². The zero-order chi connectivity index (χ0) is 22.2. The summed E-state index contributed by atoms with van der Waals surface area (Å²) in [6.45, 7) is 4.76. The lowest BCUT2D eigenvalue weighted by atomic mass is 10.1. The van der Waals surface area contributed by atoms with Crippen molar-refractivity contribution < 1.29 is 14.4 Å². The molecule has 0 N–H and O–H groups in total. The number of hydrogen-bond donors (Lipinski definition) is 0. The van der Waals surface area contributed by atoms with E-state index in [9.17, 15) is 14.4 Å². The molecule has 0 saturated carbocycles. The molecule has 2 aromatic heterocycles. The molecular formula is C23H23N5O3S. The Kier molecular flexibility index (Phi) is 5.34. The molecule has 0 radical (unpaired) electrons. The van der Waals surface area contributed by atoms with Crippen molar-refractivity contribution in [3.8, 4) is 0 Å². The van der Waals surface area contributed by atoms with Crippen molar-refractivity contribution in [2.24, 2.45) is 0 Å². The maximum absolute atomic E-state index is 12.8. The van der Waals surface area contributed by atoms with Crippen LogP contribution in [0, 0.1) is 0 Å². The molecule has 4 heterocycles. The van der Waals surface area contributed by atoms with Crippen LogP contribution in [0.1, 0.15) is 38.9 Å². The highest BCUT2D eigenvalue weighted by Crippen LogP contribution is 2.31. The number of fused-ring (bicyclic) bond motifs is 2. The molecule has 5 rings (SSSR count). The molecule has 3 aromatic rings. The summed E-state index contributed by atoms with van der Waals surface area (Å²) >= 11 is 1.69. The van der Waals surface area contributed by atoms with Gasteiger partial charge in [-0.3, -0.25) is 19.3 Å². The van der Waals surface area contributed by atoms with Gasteiger partial charge in [-0.25, -0.2) is 9.97 Å². The van der Waals surface area contributed by atoms with Gasteiger partial charge in [-0.15, -0.1) is 11.3 Å². The summed E-state index contributed by atoms with van der Waals surface area (Å²) in [6.07, 6.45) is 2.71. The van der Waals surface area contributed by atoms with E-state index in [1.807, 2.05) is 0 Å². The number of aryl methyl sites for hydroxylation is 1. The quantitative estimate of drug-likeness (QED) is 0.557. The van der Waals surface area contributed by atoms with Crippen LogP contribution >= 0.6 is 11.3 Å². The second kappa shape index (κ2) is 8.31. The van der Waals surface area contributed by atoms with E-state index in [0.29, 0.717) is 37.3 Å². The van der Waals surface area contributed by atoms with Crippen LogP contribution in [0.4, 0.5) is 5.82 Å². The van der Waals surface area contributed by atoms with Gasteiger partial charge in [-0.05, 0) is 24.6 Å². The molecule has 164 valence electrons. The molecule has 32 heavy (non-hydrogen) atoms. The minimum Gasteiger partial charge on any atom is -0.352 e. The molecule has 1 aromatic carbocycles. The van der Waals surface area contributed by atoms with Crippen molar-refractivity contribution in [3.05, 3.63) is 52.7 Å². The van der Waals surface area contributed by atoms with Gasteiger partial charge >= 0.3 is 0 Å². The largest absolute Gasteiger partial charge is 0.352 e. The molecule has 2 aliphatic heterocycles. The van der Waals surface area contributed by atoms with Crippen LogP contribution in [0.2, 0.25) is 0 Å². The Morgan fingerprint density at radius 1 is 1.03 bits per heavy atom. The first-order valence-electron chi connectivity index (χ1n) is 10.8. The fourth-order valence-corrected chi connectivity index (χ4v) is 5.22. The van der Waals surface area contributed by atoms with E-state index in [1.54, 1.807) is 46.8 Å². The summed E-state index contributed by atoms with van der Waals surface area (Å²) in [5.74, 6) is 0.235. The Hall–Kier alpha value is -3.33. The number of aromatic nitrogens is 2. The number of piperazine rings is 1. The predicted octanol–water partition coefficient (Wildman–Crippen LogP) is 2.59.